The molecule has 2 aromatic carbocycles. The van der Waals surface area contributed by atoms with Gasteiger partial charge in [0.15, 0.2) is 11.5 Å². The summed E-state index contributed by atoms with van der Waals surface area (Å²) in [4.78, 5) is 46.7. The highest BCUT2D eigenvalue weighted by Crippen LogP contribution is 2.28. The van der Waals surface area contributed by atoms with Gasteiger partial charge in [-0.2, -0.15) is 0 Å². The normalized spacial score (nSPS) is 10.4. The van der Waals surface area contributed by atoms with Crippen molar-refractivity contribution in [3.63, 3.8) is 0 Å². The van der Waals surface area contributed by atoms with Crippen LogP contribution in [0.25, 0.3) is 0 Å². The molecule has 0 atom stereocenters. The predicted molar refractivity (Wildman–Crippen MR) is 119 cm³/mol. The molecule has 33 heavy (non-hydrogen) atoms. The van der Waals surface area contributed by atoms with Crippen molar-refractivity contribution in [2.24, 2.45) is 0 Å². The van der Waals surface area contributed by atoms with Crippen molar-refractivity contribution in [3.05, 3.63) is 53.1 Å². The van der Waals surface area contributed by atoms with Crippen LogP contribution < -0.4 is 14.2 Å². The lowest BCUT2D eigenvalue weighted by Gasteiger charge is -2.10. The summed E-state index contributed by atoms with van der Waals surface area (Å²) < 4.78 is 15.3. The number of aliphatic hydroxyl groups is 1. The average molecular weight is 456 g/mol. The van der Waals surface area contributed by atoms with Crippen molar-refractivity contribution >= 4 is 23.5 Å². The second-order valence-electron chi connectivity index (χ2n) is 7.53. The maximum Gasteiger partial charge on any atom is 0.308 e. The molecule has 1 N–H and O–H groups in total. The van der Waals surface area contributed by atoms with E-state index in [4.69, 9.17) is 14.2 Å². The lowest BCUT2D eigenvalue weighted by Crippen LogP contribution is -2.10. The van der Waals surface area contributed by atoms with E-state index in [2.05, 4.69) is 0 Å². The van der Waals surface area contributed by atoms with Crippen LogP contribution in [0.5, 0.6) is 17.2 Å². The molecule has 0 aliphatic carbocycles. The molecular weight excluding hydrogens is 428 g/mol. The van der Waals surface area contributed by atoms with Gasteiger partial charge < -0.3 is 19.3 Å². The van der Waals surface area contributed by atoms with Gasteiger partial charge in [0.05, 0.1) is 20.1 Å². The molecule has 0 aliphatic heterocycles. The van der Waals surface area contributed by atoms with E-state index in [0.29, 0.717) is 29.9 Å². The first kappa shape index (κ1) is 25.7. The van der Waals surface area contributed by atoms with Crippen molar-refractivity contribution in [2.75, 3.05) is 7.11 Å². The van der Waals surface area contributed by atoms with Gasteiger partial charge in [-0.3, -0.25) is 19.2 Å². The Morgan fingerprint density at radius 3 is 1.79 bits per heavy atom. The third kappa shape index (κ3) is 8.50. The van der Waals surface area contributed by atoms with Crippen LogP contribution >= 0.6 is 0 Å². The summed E-state index contributed by atoms with van der Waals surface area (Å²) in [5.74, 6) is -0.282. The van der Waals surface area contributed by atoms with E-state index < -0.39 is 11.9 Å². The minimum Gasteiger partial charge on any atom is -0.493 e. The van der Waals surface area contributed by atoms with Crippen LogP contribution in [0.2, 0.25) is 0 Å². The Balaban J connectivity index is 1.84. The van der Waals surface area contributed by atoms with Gasteiger partial charge >= 0.3 is 11.9 Å². The topological polar surface area (TPSA) is 116 Å². The van der Waals surface area contributed by atoms with Gasteiger partial charge in [0, 0.05) is 32.3 Å². The molecule has 2 aromatic rings. The maximum atomic E-state index is 12.2. The number of ketones is 2. The van der Waals surface area contributed by atoms with Gasteiger partial charge in [0.2, 0.25) is 0 Å². The molecule has 8 nitrogen and oxygen atoms in total. The summed E-state index contributed by atoms with van der Waals surface area (Å²) >= 11 is 0. The first-order valence-corrected chi connectivity index (χ1v) is 10.5. The number of hydrogen-bond donors (Lipinski definition) is 1. The number of carbonyl (C=O) groups excluding carboxylic acids is 4. The second-order valence-corrected chi connectivity index (χ2v) is 7.53. The number of aryl methyl sites for hydroxylation is 2. The lowest BCUT2D eigenvalue weighted by molar-refractivity contribution is -0.132. The number of methoxy groups -OCH3 is 1. The molecule has 0 fully saturated rings. The number of esters is 2. The molecule has 0 aromatic heterocycles. The van der Waals surface area contributed by atoms with Crippen molar-refractivity contribution in [1.29, 1.82) is 0 Å². The summed E-state index contributed by atoms with van der Waals surface area (Å²) in [6, 6.07) is 10.0. The molecule has 0 aliphatic rings. The highest BCUT2D eigenvalue weighted by Gasteiger charge is 2.13. The monoisotopic (exact) mass is 456 g/mol. The van der Waals surface area contributed by atoms with Gasteiger partial charge in [-0.1, -0.05) is 12.1 Å². The highest BCUT2D eigenvalue weighted by atomic mass is 16.6. The number of carbonyl (C=O) groups is 4. The fourth-order valence-corrected chi connectivity index (χ4v) is 3.24. The zero-order valence-corrected chi connectivity index (χ0v) is 19.0. The van der Waals surface area contributed by atoms with E-state index in [1.807, 2.05) is 0 Å². The first-order valence-electron chi connectivity index (χ1n) is 10.5. The van der Waals surface area contributed by atoms with Crippen LogP contribution in [0, 0.1) is 0 Å². The Morgan fingerprint density at radius 2 is 1.27 bits per heavy atom. The number of rotatable bonds is 12. The van der Waals surface area contributed by atoms with Crippen molar-refractivity contribution in [1.82, 2.24) is 0 Å². The summed E-state index contributed by atoms with van der Waals surface area (Å²) in [5.41, 5.74) is 2.09. The third-order valence-corrected chi connectivity index (χ3v) is 4.81. The molecule has 0 saturated heterocycles. The largest absolute Gasteiger partial charge is 0.493 e. The van der Waals surface area contributed by atoms with E-state index in [1.165, 1.54) is 21.0 Å². The van der Waals surface area contributed by atoms with Gasteiger partial charge in [0.25, 0.3) is 0 Å². The van der Waals surface area contributed by atoms with Gasteiger partial charge in [-0.15, -0.1) is 0 Å². The van der Waals surface area contributed by atoms with Crippen molar-refractivity contribution < 1.29 is 38.5 Å². The molecule has 176 valence electrons. The Labute approximate surface area is 192 Å². The van der Waals surface area contributed by atoms with Crippen LogP contribution in [-0.4, -0.2) is 35.7 Å². The Kier molecular flexibility index (Phi) is 9.75. The van der Waals surface area contributed by atoms with Gasteiger partial charge in [0.1, 0.15) is 17.3 Å². The van der Waals surface area contributed by atoms with Crippen molar-refractivity contribution in [3.8, 4) is 17.2 Å². The maximum absolute atomic E-state index is 12.2. The van der Waals surface area contributed by atoms with Crippen LogP contribution in [0.1, 0.15) is 49.8 Å². The SMILES string of the molecule is COc1cc(CCC(=O)CC(=O)CCc2ccc(OC(C)=O)c(CO)c2)ccc1OC(C)=O. The van der Waals surface area contributed by atoms with E-state index in [1.54, 1.807) is 36.4 Å². The molecule has 0 spiro atoms. The fourth-order valence-electron chi connectivity index (χ4n) is 3.24. The number of hydrogen-bond acceptors (Lipinski definition) is 8. The summed E-state index contributed by atoms with van der Waals surface area (Å²) in [6.07, 6.45) is 1.08. The average Bonchev–Trinajstić information content (AvgIpc) is 2.76. The molecule has 0 saturated carbocycles. The summed E-state index contributed by atoms with van der Waals surface area (Å²) in [5, 5.41) is 9.46. The minimum atomic E-state index is -0.482. The molecule has 8 heteroatoms. The molecule has 0 bridgehead atoms. The smallest absolute Gasteiger partial charge is 0.308 e. The number of benzene rings is 2. The van der Waals surface area contributed by atoms with Gasteiger partial charge in [-0.05, 0) is 48.2 Å². The third-order valence-electron chi connectivity index (χ3n) is 4.81. The Morgan fingerprint density at radius 1 is 0.758 bits per heavy atom. The van der Waals surface area contributed by atoms with Crippen molar-refractivity contribution in [2.45, 2.75) is 52.6 Å². The minimum absolute atomic E-state index is 0.152. The zero-order valence-electron chi connectivity index (χ0n) is 19.0. The molecule has 0 unspecified atom stereocenters. The van der Waals surface area contributed by atoms with E-state index in [0.717, 1.165) is 11.1 Å². The fraction of sp³-hybridized carbons (Fsp3) is 0.360. The predicted octanol–water partition coefficient (Wildman–Crippen LogP) is 3.13. The zero-order chi connectivity index (χ0) is 24.4. The summed E-state index contributed by atoms with van der Waals surface area (Å²) in [6.45, 7) is 2.28. The van der Waals surface area contributed by atoms with E-state index in [9.17, 15) is 24.3 Å². The second kappa shape index (κ2) is 12.5. The molecule has 2 rings (SSSR count). The molecule has 0 heterocycles. The lowest BCUT2D eigenvalue weighted by atomic mass is 10.00. The standard InChI is InChI=1S/C25H28O8/c1-16(27)32-23-10-6-18(12-20(23)15-26)4-8-21(29)14-22(30)9-5-19-7-11-24(33-17(2)28)25(13-19)31-3/h6-7,10-13,26H,4-5,8-9,14-15H2,1-3H3. The molecule has 0 amide bonds. The Bertz CT molecular complexity index is 944. The van der Waals surface area contributed by atoms with Gasteiger partial charge in [-0.25, -0.2) is 0 Å². The van der Waals surface area contributed by atoms with Crippen LogP contribution in [0.3, 0.4) is 0 Å². The van der Waals surface area contributed by atoms with Crippen LogP contribution in [0.15, 0.2) is 36.4 Å². The highest BCUT2D eigenvalue weighted by molar-refractivity contribution is 5.99. The van der Waals surface area contributed by atoms with E-state index >= 15 is 0 Å². The first-order chi connectivity index (χ1) is 15.7. The number of Topliss-reactive ketones (excluding diaryl/α,β-unsaturated/α-hetero) is 2. The summed E-state index contributed by atoms with van der Waals surface area (Å²) in [7, 11) is 1.46. The van der Waals surface area contributed by atoms with Crippen LogP contribution in [-0.2, 0) is 38.6 Å². The van der Waals surface area contributed by atoms with E-state index in [-0.39, 0.29) is 43.2 Å². The molecule has 0 radical (unpaired) electrons. The molecular formula is C25H28O8. The number of aliphatic hydroxyl groups excluding tert-OH is 1. The quantitative estimate of drug-likeness (QED) is 0.294. The van der Waals surface area contributed by atoms with Crippen LogP contribution in [0.4, 0.5) is 0 Å². The number of ether oxygens (including phenoxy) is 3. The Hall–Kier alpha value is -3.52.